The highest BCUT2D eigenvalue weighted by atomic mass is 32.2. The number of nitrogens with two attached hydrogens (primary N) is 1. The average Bonchev–Trinajstić information content (AvgIpc) is 3.22. The molecule has 5 N–H and O–H groups in total. The molecule has 0 aromatic carbocycles. The van der Waals surface area contributed by atoms with Gasteiger partial charge in [-0.3, -0.25) is 14.4 Å². The molecule has 29 heavy (non-hydrogen) atoms. The fraction of sp³-hybridized carbons (Fsp3) is 0.789. The van der Waals surface area contributed by atoms with Crippen LogP contribution < -0.4 is 16.4 Å². The molecule has 166 valence electrons. The van der Waals surface area contributed by atoms with Crippen molar-refractivity contribution in [3.8, 4) is 0 Å². The lowest BCUT2D eigenvalue weighted by Gasteiger charge is -2.30. The number of amides is 3. The second kappa shape index (κ2) is 12.8. The number of carbonyl (C=O) groups excluding carboxylic acids is 4. The molecule has 1 fully saturated rings. The van der Waals surface area contributed by atoms with E-state index >= 15 is 0 Å². The minimum Gasteiger partial charge on any atom is -0.394 e. The van der Waals surface area contributed by atoms with Crippen molar-refractivity contribution in [2.75, 3.05) is 25.2 Å². The minimum atomic E-state index is -1.02. The van der Waals surface area contributed by atoms with Crippen LogP contribution >= 0.6 is 11.8 Å². The highest BCUT2D eigenvalue weighted by Crippen LogP contribution is 2.21. The van der Waals surface area contributed by atoms with E-state index in [1.54, 1.807) is 0 Å². The smallest absolute Gasteiger partial charge is 0.243 e. The normalized spacial score (nSPS) is 20.4. The third-order valence-electron chi connectivity index (χ3n) is 5.31. The van der Waals surface area contributed by atoms with Crippen molar-refractivity contribution in [3.63, 3.8) is 0 Å². The Bertz CT molecular complexity index is 577. The number of rotatable bonds is 12. The zero-order valence-corrected chi connectivity index (χ0v) is 18.2. The summed E-state index contributed by atoms with van der Waals surface area (Å²) in [5.41, 5.74) is 6.07. The number of hydrogen-bond acceptors (Lipinski definition) is 7. The molecule has 1 rings (SSSR count). The highest BCUT2D eigenvalue weighted by Gasteiger charge is 2.38. The largest absolute Gasteiger partial charge is 0.394 e. The molecule has 5 atom stereocenters. The van der Waals surface area contributed by atoms with Gasteiger partial charge in [-0.2, -0.15) is 11.8 Å². The lowest BCUT2D eigenvalue weighted by Crippen LogP contribution is -2.57. The summed E-state index contributed by atoms with van der Waals surface area (Å²) in [6, 6.07) is -3.21. The van der Waals surface area contributed by atoms with Gasteiger partial charge in [0.15, 0.2) is 0 Å². The van der Waals surface area contributed by atoms with Crippen molar-refractivity contribution >= 4 is 35.8 Å². The quantitative estimate of drug-likeness (QED) is 0.299. The van der Waals surface area contributed by atoms with Gasteiger partial charge in [0.2, 0.25) is 17.7 Å². The first kappa shape index (κ1) is 25.4. The van der Waals surface area contributed by atoms with E-state index in [-0.39, 0.29) is 11.8 Å². The van der Waals surface area contributed by atoms with Gasteiger partial charge in [0.05, 0.1) is 12.6 Å². The molecule has 0 aromatic rings. The fourth-order valence-electron chi connectivity index (χ4n) is 3.17. The molecule has 0 bridgehead atoms. The monoisotopic (exact) mass is 430 g/mol. The van der Waals surface area contributed by atoms with Crippen LogP contribution in [-0.4, -0.2) is 83.3 Å². The lowest BCUT2D eigenvalue weighted by molar-refractivity contribution is -0.141. The van der Waals surface area contributed by atoms with Gasteiger partial charge >= 0.3 is 0 Å². The van der Waals surface area contributed by atoms with Gasteiger partial charge < -0.3 is 31.2 Å². The molecule has 3 amide bonds. The maximum absolute atomic E-state index is 12.9. The van der Waals surface area contributed by atoms with Crippen LogP contribution in [-0.2, 0) is 19.2 Å². The molecule has 0 unspecified atom stereocenters. The van der Waals surface area contributed by atoms with E-state index in [1.165, 1.54) is 16.7 Å². The molecule has 0 aromatic heterocycles. The van der Waals surface area contributed by atoms with Gasteiger partial charge in [-0.05, 0) is 37.2 Å². The second-order valence-corrected chi connectivity index (χ2v) is 8.36. The molecule has 1 aliphatic rings. The van der Waals surface area contributed by atoms with Crippen LogP contribution in [0.15, 0.2) is 0 Å². The summed E-state index contributed by atoms with van der Waals surface area (Å²) in [4.78, 5) is 50.5. The number of aliphatic hydroxyl groups is 1. The molecular formula is C19H34N4O5S. The number of nitrogens with zero attached hydrogens (tertiary/aromatic N) is 1. The number of aldehydes is 1. The van der Waals surface area contributed by atoms with Crippen LogP contribution in [0, 0.1) is 5.92 Å². The van der Waals surface area contributed by atoms with E-state index in [2.05, 4.69) is 10.6 Å². The van der Waals surface area contributed by atoms with Gasteiger partial charge in [-0.25, -0.2) is 0 Å². The Labute approximate surface area is 176 Å². The van der Waals surface area contributed by atoms with Gasteiger partial charge in [0.25, 0.3) is 0 Å². The van der Waals surface area contributed by atoms with Gasteiger partial charge in [0.1, 0.15) is 24.4 Å². The summed E-state index contributed by atoms with van der Waals surface area (Å²) >= 11 is 1.52. The number of nitrogens with one attached hydrogen (secondary N) is 2. The van der Waals surface area contributed by atoms with Crippen molar-refractivity contribution in [2.24, 2.45) is 11.7 Å². The summed E-state index contributed by atoms with van der Waals surface area (Å²) in [5.74, 6) is -0.560. The summed E-state index contributed by atoms with van der Waals surface area (Å²) in [7, 11) is 0. The molecular weight excluding hydrogens is 396 g/mol. The summed E-state index contributed by atoms with van der Waals surface area (Å²) in [5, 5.41) is 14.2. The minimum absolute atomic E-state index is 0.00525. The van der Waals surface area contributed by atoms with Crippen LogP contribution in [0.3, 0.4) is 0 Å². The van der Waals surface area contributed by atoms with Crippen molar-refractivity contribution in [1.29, 1.82) is 0 Å². The third kappa shape index (κ3) is 7.27. The Balaban J connectivity index is 2.84. The molecule has 9 nitrogen and oxygen atoms in total. The van der Waals surface area contributed by atoms with E-state index in [4.69, 9.17) is 10.8 Å². The average molecular weight is 431 g/mol. The molecule has 0 saturated carbocycles. The van der Waals surface area contributed by atoms with E-state index in [9.17, 15) is 19.2 Å². The Morgan fingerprint density at radius 1 is 1.34 bits per heavy atom. The summed E-state index contributed by atoms with van der Waals surface area (Å²) in [6.07, 6.45) is 4.65. The first-order valence-corrected chi connectivity index (χ1v) is 11.4. The van der Waals surface area contributed by atoms with Crippen LogP contribution in [0.4, 0.5) is 0 Å². The van der Waals surface area contributed by atoms with Crippen molar-refractivity contribution in [1.82, 2.24) is 15.5 Å². The van der Waals surface area contributed by atoms with Crippen LogP contribution in [0.1, 0.15) is 39.5 Å². The number of likely N-dealkylation sites (tertiary alicyclic amines) is 1. The topological polar surface area (TPSA) is 142 Å². The maximum atomic E-state index is 12.9. The third-order valence-corrected chi connectivity index (χ3v) is 5.96. The molecule has 0 aliphatic carbocycles. The van der Waals surface area contributed by atoms with Crippen molar-refractivity contribution in [2.45, 2.75) is 63.7 Å². The van der Waals surface area contributed by atoms with E-state index in [0.717, 1.165) is 6.42 Å². The predicted octanol–water partition coefficient (Wildman–Crippen LogP) is -0.735. The predicted molar refractivity (Wildman–Crippen MR) is 112 cm³/mol. The molecule has 1 aliphatic heterocycles. The van der Waals surface area contributed by atoms with Gasteiger partial charge in [-0.15, -0.1) is 0 Å². The van der Waals surface area contributed by atoms with Crippen molar-refractivity contribution in [3.05, 3.63) is 0 Å². The van der Waals surface area contributed by atoms with E-state index < -0.39 is 42.6 Å². The van der Waals surface area contributed by atoms with Crippen LogP contribution in [0.2, 0.25) is 0 Å². The molecule has 1 saturated heterocycles. The second-order valence-electron chi connectivity index (χ2n) is 7.38. The summed E-state index contributed by atoms with van der Waals surface area (Å²) in [6.45, 7) is 3.80. The Morgan fingerprint density at radius 3 is 2.59 bits per heavy atom. The summed E-state index contributed by atoms with van der Waals surface area (Å²) < 4.78 is 0. The maximum Gasteiger partial charge on any atom is 0.243 e. The Kier molecular flexibility index (Phi) is 11.2. The number of thioether (sulfide) groups is 1. The van der Waals surface area contributed by atoms with Gasteiger partial charge in [-0.1, -0.05) is 20.3 Å². The van der Waals surface area contributed by atoms with Crippen LogP contribution in [0.5, 0.6) is 0 Å². The Morgan fingerprint density at radius 2 is 2.03 bits per heavy atom. The first-order valence-electron chi connectivity index (χ1n) is 10.0. The van der Waals surface area contributed by atoms with E-state index in [0.29, 0.717) is 37.8 Å². The number of carbonyl (C=O) groups is 4. The number of hydrogen-bond donors (Lipinski definition) is 4. The van der Waals surface area contributed by atoms with E-state index in [1.807, 2.05) is 20.1 Å². The zero-order chi connectivity index (χ0) is 22.0. The SMILES string of the molecule is CC[C@H](C)[C@H](N)C(=O)N1CCC[C@H]1C(=O)N[C@@H](CCSC)C(=O)N[C@H](C=O)CO. The van der Waals surface area contributed by atoms with Crippen LogP contribution in [0.25, 0.3) is 0 Å². The molecule has 10 heteroatoms. The molecule has 0 spiro atoms. The Hall–Kier alpha value is -1.65. The lowest BCUT2D eigenvalue weighted by atomic mass is 9.98. The first-order chi connectivity index (χ1) is 13.8. The highest BCUT2D eigenvalue weighted by molar-refractivity contribution is 7.98. The molecule has 0 radical (unpaired) electrons. The van der Waals surface area contributed by atoms with Gasteiger partial charge in [0, 0.05) is 6.54 Å². The standard InChI is InChI=1S/C19H34N4O5S/c1-4-12(2)16(20)19(28)23-8-5-6-15(23)18(27)22-14(7-9-29-3)17(26)21-13(10-24)11-25/h10,12-16,25H,4-9,11,20H2,1-3H3,(H,21,26)(H,22,27)/t12-,13+,14-,15-,16-/m0/s1. The number of aliphatic hydroxyl groups excluding tert-OH is 1. The fourth-order valence-corrected chi connectivity index (χ4v) is 3.64. The molecule has 1 heterocycles. The van der Waals surface area contributed by atoms with Crippen molar-refractivity contribution < 1.29 is 24.3 Å². The zero-order valence-electron chi connectivity index (χ0n) is 17.4.